The molecule has 2 nitrogen and oxygen atoms in total. The standard InChI is InChI=1S/C15H25NO/c1-4-9-15(14-10-7-6-8-11-14)16-12-13(3)17-5-2/h6-8,10-11,13,15-16H,4-5,9,12H2,1-3H3. The number of hydrogen-bond donors (Lipinski definition) is 1. The van der Waals surface area contributed by atoms with Gasteiger partial charge >= 0.3 is 0 Å². The van der Waals surface area contributed by atoms with E-state index in [1.807, 2.05) is 6.92 Å². The van der Waals surface area contributed by atoms with Crippen molar-refractivity contribution in [2.75, 3.05) is 13.2 Å². The van der Waals surface area contributed by atoms with Crippen LogP contribution in [0.1, 0.15) is 45.2 Å². The first-order valence-electron chi connectivity index (χ1n) is 6.67. The van der Waals surface area contributed by atoms with E-state index in [-0.39, 0.29) is 6.10 Å². The van der Waals surface area contributed by atoms with Gasteiger partial charge in [0, 0.05) is 19.2 Å². The summed E-state index contributed by atoms with van der Waals surface area (Å²) in [6.45, 7) is 8.07. The second-order valence-corrected chi connectivity index (χ2v) is 4.43. The molecule has 1 aromatic rings. The number of rotatable bonds is 8. The molecule has 0 saturated carbocycles. The van der Waals surface area contributed by atoms with Crippen LogP contribution in [-0.4, -0.2) is 19.3 Å². The summed E-state index contributed by atoms with van der Waals surface area (Å²) in [6.07, 6.45) is 2.64. The Hall–Kier alpha value is -0.860. The lowest BCUT2D eigenvalue weighted by Crippen LogP contribution is -2.30. The second-order valence-electron chi connectivity index (χ2n) is 4.43. The van der Waals surface area contributed by atoms with Gasteiger partial charge in [-0.1, -0.05) is 43.7 Å². The Balaban J connectivity index is 2.49. The minimum atomic E-state index is 0.281. The highest BCUT2D eigenvalue weighted by Crippen LogP contribution is 2.17. The smallest absolute Gasteiger partial charge is 0.0671 e. The van der Waals surface area contributed by atoms with E-state index in [2.05, 4.69) is 49.5 Å². The topological polar surface area (TPSA) is 21.3 Å². The van der Waals surface area contributed by atoms with Gasteiger partial charge in [-0.2, -0.15) is 0 Å². The Morgan fingerprint density at radius 1 is 1.18 bits per heavy atom. The van der Waals surface area contributed by atoms with Gasteiger partial charge in [0.15, 0.2) is 0 Å². The third-order valence-corrected chi connectivity index (χ3v) is 2.88. The Morgan fingerprint density at radius 3 is 2.47 bits per heavy atom. The molecule has 0 aliphatic rings. The molecule has 1 aromatic carbocycles. The van der Waals surface area contributed by atoms with E-state index in [0.29, 0.717) is 6.04 Å². The van der Waals surface area contributed by atoms with Gasteiger partial charge in [-0.3, -0.25) is 0 Å². The minimum absolute atomic E-state index is 0.281. The maximum absolute atomic E-state index is 5.54. The molecule has 0 bridgehead atoms. The highest BCUT2D eigenvalue weighted by atomic mass is 16.5. The molecule has 2 unspecified atom stereocenters. The maximum atomic E-state index is 5.54. The Morgan fingerprint density at radius 2 is 1.88 bits per heavy atom. The average molecular weight is 235 g/mol. The van der Waals surface area contributed by atoms with E-state index in [4.69, 9.17) is 4.74 Å². The van der Waals surface area contributed by atoms with E-state index >= 15 is 0 Å². The first-order valence-corrected chi connectivity index (χ1v) is 6.67. The van der Waals surface area contributed by atoms with E-state index in [1.54, 1.807) is 0 Å². The molecular formula is C15H25NO. The molecule has 1 N–H and O–H groups in total. The van der Waals surface area contributed by atoms with Gasteiger partial charge in [-0.15, -0.1) is 0 Å². The van der Waals surface area contributed by atoms with E-state index in [9.17, 15) is 0 Å². The molecular weight excluding hydrogens is 210 g/mol. The number of nitrogens with one attached hydrogen (secondary N) is 1. The highest BCUT2D eigenvalue weighted by molar-refractivity contribution is 5.18. The Kier molecular flexibility index (Phi) is 6.90. The van der Waals surface area contributed by atoms with Crippen LogP contribution in [0.2, 0.25) is 0 Å². The number of ether oxygens (including phenoxy) is 1. The van der Waals surface area contributed by atoms with Gasteiger partial charge in [0.25, 0.3) is 0 Å². The third kappa shape index (κ3) is 5.33. The van der Waals surface area contributed by atoms with Crippen LogP contribution in [-0.2, 0) is 4.74 Å². The minimum Gasteiger partial charge on any atom is -0.377 e. The second kappa shape index (κ2) is 8.26. The molecule has 17 heavy (non-hydrogen) atoms. The summed E-state index contributed by atoms with van der Waals surface area (Å²) in [5.74, 6) is 0. The molecule has 0 aliphatic carbocycles. The Bertz CT molecular complexity index is 286. The first kappa shape index (κ1) is 14.2. The highest BCUT2D eigenvalue weighted by Gasteiger charge is 2.10. The van der Waals surface area contributed by atoms with Crippen molar-refractivity contribution in [3.63, 3.8) is 0 Å². The predicted octanol–water partition coefficient (Wildman–Crippen LogP) is 3.54. The lowest BCUT2D eigenvalue weighted by atomic mass is 10.0. The summed E-state index contributed by atoms with van der Waals surface area (Å²) in [4.78, 5) is 0. The van der Waals surface area contributed by atoms with Gasteiger partial charge in [0.05, 0.1) is 6.10 Å². The number of benzene rings is 1. The molecule has 2 atom stereocenters. The average Bonchev–Trinajstić information content (AvgIpc) is 2.36. The number of hydrogen-bond acceptors (Lipinski definition) is 2. The van der Waals surface area contributed by atoms with Crippen molar-refractivity contribution in [2.24, 2.45) is 0 Å². The predicted molar refractivity (Wildman–Crippen MR) is 73.2 cm³/mol. The summed E-state index contributed by atoms with van der Waals surface area (Å²) < 4.78 is 5.54. The molecule has 0 fully saturated rings. The maximum Gasteiger partial charge on any atom is 0.0671 e. The largest absolute Gasteiger partial charge is 0.377 e. The van der Waals surface area contributed by atoms with Gasteiger partial charge < -0.3 is 10.1 Å². The monoisotopic (exact) mass is 235 g/mol. The van der Waals surface area contributed by atoms with Crippen LogP contribution < -0.4 is 5.32 Å². The molecule has 0 spiro atoms. The molecule has 0 heterocycles. The third-order valence-electron chi connectivity index (χ3n) is 2.88. The molecule has 0 aromatic heterocycles. The van der Waals surface area contributed by atoms with Crippen molar-refractivity contribution in [3.05, 3.63) is 35.9 Å². The zero-order chi connectivity index (χ0) is 12.5. The zero-order valence-corrected chi connectivity index (χ0v) is 11.3. The SMILES string of the molecule is CCCC(NCC(C)OCC)c1ccccc1. The van der Waals surface area contributed by atoms with Crippen molar-refractivity contribution >= 4 is 0 Å². The van der Waals surface area contributed by atoms with Crippen LogP contribution in [0.3, 0.4) is 0 Å². The van der Waals surface area contributed by atoms with Gasteiger partial charge in [-0.05, 0) is 25.8 Å². The van der Waals surface area contributed by atoms with E-state index in [1.165, 1.54) is 18.4 Å². The van der Waals surface area contributed by atoms with Crippen LogP contribution >= 0.6 is 0 Å². The molecule has 0 amide bonds. The lowest BCUT2D eigenvalue weighted by molar-refractivity contribution is 0.0736. The van der Waals surface area contributed by atoms with Crippen molar-refractivity contribution in [3.8, 4) is 0 Å². The quantitative estimate of drug-likeness (QED) is 0.744. The van der Waals surface area contributed by atoms with Gasteiger partial charge in [0.1, 0.15) is 0 Å². The van der Waals surface area contributed by atoms with Gasteiger partial charge in [-0.25, -0.2) is 0 Å². The summed E-state index contributed by atoms with van der Waals surface area (Å²) >= 11 is 0. The molecule has 0 saturated heterocycles. The fraction of sp³-hybridized carbons (Fsp3) is 0.600. The molecule has 96 valence electrons. The molecule has 1 rings (SSSR count). The van der Waals surface area contributed by atoms with Crippen molar-refractivity contribution < 1.29 is 4.74 Å². The fourth-order valence-corrected chi connectivity index (χ4v) is 2.01. The van der Waals surface area contributed by atoms with Crippen LogP contribution in [0, 0.1) is 0 Å². The summed E-state index contributed by atoms with van der Waals surface area (Å²) in [5, 5.41) is 3.60. The summed E-state index contributed by atoms with van der Waals surface area (Å²) in [5.41, 5.74) is 1.37. The van der Waals surface area contributed by atoms with Gasteiger partial charge in [0.2, 0.25) is 0 Å². The lowest BCUT2D eigenvalue weighted by Gasteiger charge is -2.21. The molecule has 0 radical (unpaired) electrons. The van der Waals surface area contributed by atoms with Crippen molar-refractivity contribution in [1.29, 1.82) is 0 Å². The van der Waals surface area contributed by atoms with Crippen LogP contribution in [0.4, 0.5) is 0 Å². The zero-order valence-electron chi connectivity index (χ0n) is 11.3. The van der Waals surface area contributed by atoms with E-state index < -0.39 is 0 Å². The van der Waals surface area contributed by atoms with Crippen molar-refractivity contribution in [1.82, 2.24) is 5.32 Å². The van der Waals surface area contributed by atoms with Crippen LogP contribution in [0.5, 0.6) is 0 Å². The van der Waals surface area contributed by atoms with E-state index in [0.717, 1.165) is 13.2 Å². The van der Waals surface area contributed by atoms with Crippen LogP contribution in [0.25, 0.3) is 0 Å². The van der Waals surface area contributed by atoms with Crippen molar-refractivity contribution in [2.45, 2.75) is 45.8 Å². The van der Waals surface area contributed by atoms with Crippen LogP contribution in [0.15, 0.2) is 30.3 Å². The summed E-state index contributed by atoms with van der Waals surface area (Å²) in [7, 11) is 0. The Labute approximate surface area is 105 Å². The normalized spacial score (nSPS) is 14.5. The first-order chi connectivity index (χ1) is 8.27. The molecule has 2 heteroatoms. The fourth-order valence-electron chi connectivity index (χ4n) is 2.01. The summed E-state index contributed by atoms with van der Waals surface area (Å²) in [6, 6.07) is 11.1. The molecule has 0 aliphatic heterocycles.